The molecule has 0 fully saturated rings. The minimum Gasteiger partial charge on any atom is -1.00 e. The summed E-state index contributed by atoms with van der Waals surface area (Å²) in [7, 11) is -3.67. The first-order valence-electron chi connectivity index (χ1n) is 0.924. The molecule has 8 heteroatoms. The van der Waals surface area contributed by atoms with Crippen molar-refractivity contribution in [2.45, 2.75) is 0 Å². The molecule has 1 N–H and O–H groups in total. The smallest absolute Gasteiger partial charge is 1.00 e. The summed E-state index contributed by atoms with van der Waals surface area (Å²) in [6, 6.07) is 0. The van der Waals surface area contributed by atoms with E-state index in [9.17, 15) is 8.42 Å². The Balaban J connectivity index is -0.0000000133. The van der Waals surface area contributed by atoms with Crippen LogP contribution in [0.2, 0.25) is 0 Å². The molecule has 0 atom stereocenters. The Bertz CT molecular complexity index is 102. The van der Waals surface area contributed by atoms with Gasteiger partial charge >= 0.3 is 17.1 Å². The average molecular weight is 258 g/mol. The molecule has 0 heterocycles. The Labute approximate surface area is 83.4 Å². The second kappa shape index (κ2) is 12.0. The SMILES string of the molecule is CS(=O)(=O)O.[Cl-].[Cl-].[Cl-].[Fe+3]. The first-order valence-corrected chi connectivity index (χ1v) is 2.77. The molecule has 0 aliphatic rings. The maximum absolute atomic E-state index is 9.19. The third-order valence-electron chi connectivity index (χ3n) is 0. The van der Waals surface area contributed by atoms with Crippen LogP contribution in [0.5, 0.6) is 0 Å². The van der Waals surface area contributed by atoms with Gasteiger partial charge in [0.15, 0.2) is 0 Å². The molecule has 0 unspecified atom stereocenters. The van der Waals surface area contributed by atoms with Crippen molar-refractivity contribution in [3.8, 4) is 0 Å². The van der Waals surface area contributed by atoms with Crippen LogP contribution < -0.4 is 37.2 Å². The zero-order valence-electron chi connectivity index (χ0n) is 4.16. The van der Waals surface area contributed by atoms with Gasteiger partial charge in [0.2, 0.25) is 0 Å². The third-order valence-corrected chi connectivity index (χ3v) is 0. The largest absolute Gasteiger partial charge is 3.00 e. The molecule has 0 bridgehead atoms. The van der Waals surface area contributed by atoms with E-state index in [4.69, 9.17) is 4.55 Å². The van der Waals surface area contributed by atoms with Gasteiger partial charge in [0, 0.05) is 0 Å². The van der Waals surface area contributed by atoms with Crippen molar-refractivity contribution >= 4 is 10.1 Å². The summed E-state index contributed by atoms with van der Waals surface area (Å²) >= 11 is 0. The van der Waals surface area contributed by atoms with E-state index >= 15 is 0 Å². The number of hydrogen-bond donors (Lipinski definition) is 1. The summed E-state index contributed by atoms with van der Waals surface area (Å²) in [6.07, 6.45) is 0.715. The molecule has 0 saturated carbocycles. The summed E-state index contributed by atoms with van der Waals surface area (Å²) < 4.78 is 25.9. The molecule has 1 radical (unpaired) electrons. The Morgan fingerprint density at radius 2 is 1.11 bits per heavy atom. The summed E-state index contributed by atoms with van der Waals surface area (Å²) in [5.41, 5.74) is 0. The molecule has 0 spiro atoms. The maximum atomic E-state index is 9.19. The molecule has 0 rings (SSSR count). The van der Waals surface area contributed by atoms with E-state index in [1.165, 1.54) is 0 Å². The molecule has 3 nitrogen and oxygen atoms in total. The Morgan fingerprint density at radius 3 is 1.11 bits per heavy atom. The summed E-state index contributed by atoms with van der Waals surface area (Å²) in [4.78, 5) is 0. The quantitative estimate of drug-likeness (QED) is 0.347. The Kier molecular flexibility index (Phi) is 42.4. The second-order valence-corrected chi connectivity index (χ2v) is 2.20. The van der Waals surface area contributed by atoms with E-state index in [0.717, 1.165) is 0 Å². The van der Waals surface area contributed by atoms with Gasteiger partial charge in [-0.25, -0.2) is 0 Å². The number of rotatable bonds is 0. The average Bonchev–Trinajstić information content (AvgIpc) is 0.722. The van der Waals surface area contributed by atoms with Gasteiger partial charge in [-0.3, -0.25) is 4.55 Å². The molecule has 61 valence electrons. The summed E-state index contributed by atoms with van der Waals surface area (Å²) in [5, 5.41) is 0. The molecule has 0 aromatic carbocycles. The first-order chi connectivity index (χ1) is 2.00. The van der Waals surface area contributed by atoms with Gasteiger partial charge in [-0.05, 0) is 0 Å². The van der Waals surface area contributed by atoms with E-state index in [-0.39, 0.29) is 54.3 Å². The van der Waals surface area contributed by atoms with Crippen molar-refractivity contribution in [2.75, 3.05) is 6.26 Å². The van der Waals surface area contributed by atoms with Crippen LogP contribution in [-0.2, 0) is 27.2 Å². The van der Waals surface area contributed by atoms with Crippen LogP contribution in [0.4, 0.5) is 0 Å². The van der Waals surface area contributed by atoms with E-state index in [2.05, 4.69) is 0 Å². The monoisotopic (exact) mass is 257 g/mol. The molecule has 9 heavy (non-hydrogen) atoms. The normalized spacial score (nSPS) is 6.44. The minimum atomic E-state index is -3.67. The molecule has 0 aliphatic carbocycles. The molecule has 0 aliphatic heterocycles. The van der Waals surface area contributed by atoms with Crippen LogP contribution in [0.3, 0.4) is 0 Å². The van der Waals surface area contributed by atoms with Gasteiger partial charge < -0.3 is 37.2 Å². The predicted octanol–water partition coefficient (Wildman–Crippen LogP) is -9.49. The van der Waals surface area contributed by atoms with E-state index in [1.54, 1.807) is 0 Å². The van der Waals surface area contributed by atoms with Crippen LogP contribution in [0.25, 0.3) is 0 Å². The fourth-order valence-electron chi connectivity index (χ4n) is 0. The van der Waals surface area contributed by atoms with Gasteiger partial charge in [-0.1, -0.05) is 0 Å². The van der Waals surface area contributed by atoms with Crippen LogP contribution in [-0.4, -0.2) is 19.2 Å². The molecule has 0 aromatic rings. The molecule has 0 saturated heterocycles. The molecule has 0 amide bonds. The second-order valence-electron chi connectivity index (χ2n) is 0.733. The van der Waals surface area contributed by atoms with Crippen molar-refractivity contribution in [3.63, 3.8) is 0 Å². The van der Waals surface area contributed by atoms with Crippen LogP contribution in [0.15, 0.2) is 0 Å². The molecular formula is CH4Cl3FeO3S. The van der Waals surface area contributed by atoms with Gasteiger partial charge in [-0.15, -0.1) is 0 Å². The number of halogens is 3. The Morgan fingerprint density at radius 1 is 1.11 bits per heavy atom. The van der Waals surface area contributed by atoms with Crippen molar-refractivity contribution in [1.82, 2.24) is 0 Å². The van der Waals surface area contributed by atoms with Gasteiger partial charge in [0.05, 0.1) is 6.26 Å². The van der Waals surface area contributed by atoms with E-state index in [1.807, 2.05) is 0 Å². The standard InChI is InChI=1S/CH4O3S.3ClH.Fe/c1-5(2,3)4;;;;/h1H3,(H,2,3,4);3*1H;/q;;;;+3/p-3. The van der Waals surface area contributed by atoms with Gasteiger partial charge in [0.25, 0.3) is 10.1 Å². The third kappa shape index (κ3) is 293. The van der Waals surface area contributed by atoms with Crippen molar-refractivity contribution in [3.05, 3.63) is 0 Å². The van der Waals surface area contributed by atoms with Crippen molar-refractivity contribution in [1.29, 1.82) is 0 Å². The fraction of sp³-hybridized carbons (Fsp3) is 1.00. The van der Waals surface area contributed by atoms with Gasteiger partial charge in [0.1, 0.15) is 0 Å². The first kappa shape index (κ1) is 31.7. The van der Waals surface area contributed by atoms with Crippen LogP contribution in [0, 0.1) is 0 Å². The molecule has 0 aromatic heterocycles. The van der Waals surface area contributed by atoms with Crippen molar-refractivity contribution in [2.24, 2.45) is 0 Å². The van der Waals surface area contributed by atoms with Crippen molar-refractivity contribution < 1.29 is 67.3 Å². The zero-order chi connectivity index (χ0) is 4.50. The van der Waals surface area contributed by atoms with Crippen LogP contribution in [0.1, 0.15) is 0 Å². The Hall–Kier alpha value is 1.30. The fourth-order valence-corrected chi connectivity index (χ4v) is 0. The number of hydrogen-bond acceptors (Lipinski definition) is 2. The predicted molar refractivity (Wildman–Crippen MR) is 17.5 cm³/mol. The minimum absolute atomic E-state index is 0. The topological polar surface area (TPSA) is 54.4 Å². The maximum Gasteiger partial charge on any atom is 3.00 e. The molecular weight excluding hydrogens is 254 g/mol. The van der Waals surface area contributed by atoms with E-state index in [0.29, 0.717) is 6.26 Å². The summed E-state index contributed by atoms with van der Waals surface area (Å²) in [5.74, 6) is 0. The van der Waals surface area contributed by atoms with Crippen LogP contribution >= 0.6 is 0 Å². The summed E-state index contributed by atoms with van der Waals surface area (Å²) in [6.45, 7) is 0. The van der Waals surface area contributed by atoms with E-state index < -0.39 is 10.1 Å². The zero-order valence-corrected chi connectivity index (χ0v) is 8.35. The van der Waals surface area contributed by atoms with Gasteiger partial charge in [-0.2, -0.15) is 8.42 Å².